The van der Waals surface area contributed by atoms with Crippen LogP contribution in [0.2, 0.25) is 0 Å². The second kappa shape index (κ2) is 61.4. The number of carbonyl (C=O) groups excluding carboxylic acids is 1. The highest BCUT2D eigenvalue weighted by Crippen LogP contribution is 2.19. The van der Waals surface area contributed by atoms with Crippen LogP contribution in [0.25, 0.3) is 0 Å². The van der Waals surface area contributed by atoms with Gasteiger partial charge < -0.3 is 20.6 Å². The van der Waals surface area contributed by atoms with E-state index in [2.05, 4.69) is 31.3 Å². The molecule has 0 rings (SSSR count). The van der Waals surface area contributed by atoms with Crippen LogP contribution in [0.3, 0.4) is 0 Å². The Labute approximate surface area is 445 Å². The van der Waals surface area contributed by atoms with Crippen molar-refractivity contribution in [3.05, 3.63) is 24.3 Å². The van der Waals surface area contributed by atoms with Crippen LogP contribution in [-0.4, -0.2) is 46.1 Å². The molecule has 0 aromatic heterocycles. The third kappa shape index (κ3) is 56.4. The first-order chi connectivity index (χ1) is 35.1. The Hall–Kier alpha value is -1.17. The summed E-state index contributed by atoms with van der Waals surface area (Å²) in [7, 11) is 0. The lowest BCUT2D eigenvalue weighted by Crippen LogP contribution is -2.48. The molecule has 0 aliphatic carbocycles. The average Bonchev–Trinajstić information content (AvgIpc) is 3.38. The molecule has 0 bridgehead atoms. The zero-order chi connectivity index (χ0) is 51.4. The number of allylic oxidation sites excluding steroid dienone is 3. The molecule has 0 heterocycles. The minimum absolute atomic E-state index is 0.372. The summed E-state index contributed by atoms with van der Waals surface area (Å²) in [4.78, 5) is 12.6. The number of aliphatic hydroxyl groups is 3. The number of rotatable bonds is 61. The van der Waals surface area contributed by atoms with E-state index in [1.165, 1.54) is 308 Å². The first-order valence-corrected chi connectivity index (χ1v) is 32.7. The zero-order valence-electron chi connectivity index (χ0n) is 48.4. The van der Waals surface area contributed by atoms with E-state index in [1.807, 2.05) is 6.08 Å². The van der Waals surface area contributed by atoms with Gasteiger partial charge in [0, 0.05) is 0 Å². The maximum absolute atomic E-state index is 12.6. The molecule has 0 aromatic carbocycles. The van der Waals surface area contributed by atoms with Crippen LogP contribution in [0, 0.1) is 0 Å². The second-order valence-corrected chi connectivity index (χ2v) is 22.7. The Kier molecular flexibility index (Phi) is 60.4. The van der Waals surface area contributed by atoms with E-state index in [-0.39, 0.29) is 6.61 Å². The van der Waals surface area contributed by atoms with Gasteiger partial charge in [-0.05, 0) is 32.1 Å². The normalized spacial score (nSPS) is 13.3. The van der Waals surface area contributed by atoms with Gasteiger partial charge in [-0.1, -0.05) is 359 Å². The predicted molar refractivity (Wildman–Crippen MR) is 315 cm³/mol. The molecule has 71 heavy (non-hydrogen) atoms. The maximum Gasteiger partial charge on any atom is 0.249 e. The van der Waals surface area contributed by atoms with Gasteiger partial charge in [-0.15, -0.1) is 0 Å². The third-order valence-corrected chi connectivity index (χ3v) is 15.5. The van der Waals surface area contributed by atoms with Crippen molar-refractivity contribution in [3.63, 3.8) is 0 Å². The van der Waals surface area contributed by atoms with Gasteiger partial charge in [0.05, 0.1) is 18.8 Å². The van der Waals surface area contributed by atoms with Crippen molar-refractivity contribution in [1.29, 1.82) is 0 Å². The Balaban J connectivity index is 3.48. The SMILES string of the molecule is CCCCCCCCCCCCCCCCC/C=C/CC/C=C/C(O)C(CO)NC(=O)C(O)CCCCCCCCCCCCCCCCCCCCCCCCCCCCCCCCCCCCCC. The van der Waals surface area contributed by atoms with E-state index in [0.717, 1.165) is 38.5 Å². The highest BCUT2D eigenvalue weighted by Gasteiger charge is 2.22. The van der Waals surface area contributed by atoms with Crippen LogP contribution in [0.15, 0.2) is 24.3 Å². The summed E-state index contributed by atoms with van der Waals surface area (Å²) in [6.07, 6.45) is 80.3. The number of aliphatic hydroxyl groups excluding tert-OH is 3. The lowest BCUT2D eigenvalue weighted by molar-refractivity contribution is -0.131. The van der Waals surface area contributed by atoms with Gasteiger partial charge >= 0.3 is 0 Å². The van der Waals surface area contributed by atoms with E-state index < -0.39 is 24.2 Å². The fraction of sp³-hybridized carbons (Fsp3) is 0.924. The van der Waals surface area contributed by atoms with Gasteiger partial charge in [-0.25, -0.2) is 0 Å². The molecule has 0 spiro atoms. The molecule has 0 saturated heterocycles. The third-order valence-electron chi connectivity index (χ3n) is 15.5. The summed E-state index contributed by atoms with van der Waals surface area (Å²) in [5.41, 5.74) is 0. The fourth-order valence-electron chi connectivity index (χ4n) is 10.5. The van der Waals surface area contributed by atoms with Gasteiger partial charge in [-0.2, -0.15) is 0 Å². The minimum atomic E-state index is -1.10. The molecule has 0 fully saturated rings. The molecule has 0 saturated carbocycles. The summed E-state index contributed by atoms with van der Waals surface area (Å²) in [5.74, 6) is -0.505. The van der Waals surface area contributed by atoms with Crippen LogP contribution in [0.5, 0.6) is 0 Å². The number of hydrogen-bond acceptors (Lipinski definition) is 4. The summed E-state index contributed by atoms with van der Waals surface area (Å²) in [6.45, 7) is 4.22. The number of carbonyl (C=O) groups is 1. The Bertz CT molecular complexity index is 1060. The van der Waals surface area contributed by atoms with E-state index in [0.29, 0.717) is 6.42 Å². The van der Waals surface area contributed by atoms with Gasteiger partial charge in [0.15, 0.2) is 0 Å². The average molecular weight is 1000 g/mol. The van der Waals surface area contributed by atoms with Gasteiger partial charge in [0.2, 0.25) is 5.91 Å². The number of hydrogen-bond donors (Lipinski definition) is 4. The largest absolute Gasteiger partial charge is 0.394 e. The molecule has 5 heteroatoms. The molecular weight excluding hydrogens is 871 g/mol. The minimum Gasteiger partial charge on any atom is -0.394 e. The van der Waals surface area contributed by atoms with Crippen LogP contribution in [0.1, 0.15) is 367 Å². The molecule has 4 N–H and O–H groups in total. The fourth-order valence-corrected chi connectivity index (χ4v) is 10.5. The van der Waals surface area contributed by atoms with Crippen molar-refractivity contribution in [2.24, 2.45) is 0 Å². The van der Waals surface area contributed by atoms with Crippen LogP contribution >= 0.6 is 0 Å². The highest BCUT2D eigenvalue weighted by atomic mass is 16.3. The maximum atomic E-state index is 12.6. The molecule has 422 valence electrons. The van der Waals surface area contributed by atoms with Gasteiger partial charge in [-0.3, -0.25) is 4.79 Å². The molecule has 5 nitrogen and oxygen atoms in total. The van der Waals surface area contributed by atoms with Crippen molar-refractivity contribution < 1.29 is 20.1 Å². The molecule has 1 amide bonds. The number of nitrogens with one attached hydrogen (secondary N) is 1. The number of unbranched alkanes of at least 4 members (excludes halogenated alkanes) is 51. The first-order valence-electron chi connectivity index (χ1n) is 32.7. The van der Waals surface area contributed by atoms with Crippen molar-refractivity contribution in [3.8, 4) is 0 Å². The van der Waals surface area contributed by atoms with E-state index in [1.54, 1.807) is 6.08 Å². The van der Waals surface area contributed by atoms with Gasteiger partial charge in [0.25, 0.3) is 0 Å². The van der Waals surface area contributed by atoms with Crippen molar-refractivity contribution >= 4 is 5.91 Å². The van der Waals surface area contributed by atoms with Gasteiger partial charge in [0.1, 0.15) is 6.10 Å². The highest BCUT2D eigenvalue weighted by molar-refractivity contribution is 5.80. The lowest BCUT2D eigenvalue weighted by Gasteiger charge is -2.21. The summed E-state index contributed by atoms with van der Waals surface area (Å²) >= 11 is 0. The van der Waals surface area contributed by atoms with Crippen LogP contribution in [-0.2, 0) is 4.79 Å². The summed E-state index contributed by atoms with van der Waals surface area (Å²) < 4.78 is 0. The molecule has 0 radical (unpaired) electrons. The van der Waals surface area contributed by atoms with Crippen LogP contribution in [0.4, 0.5) is 0 Å². The first kappa shape index (κ1) is 69.8. The van der Waals surface area contributed by atoms with Crippen molar-refractivity contribution in [2.45, 2.75) is 385 Å². The molecule has 3 unspecified atom stereocenters. The second-order valence-electron chi connectivity index (χ2n) is 22.7. The Morgan fingerprint density at radius 3 is 0.859 bits per heavy atom. The quantitative estimate of drug-likeness (QED) is 0.0361. The van der Waals surface area contributed by atoms with E-state index in [4.69, 9.17) is 0 Å². The summed E-state index contributed by atoms with van der Waals surface area (Å²) in [5, 5.41) is 33.4. The Morgan fingerprint density at radius 2 is 0.577 bits per heavy atom. The molecule has 0 aromatic rings. The van der Waals surface area contributed by atoms with E-state index >= 15 is 0 Å². The number of amides is 1. The predicted octanol–water partition coefficient (Wildman–Crippen LogP) is 20.8. The van der Waals surface area contributed by atoms with Crippen molar-refractivity contribution in [1.82, 2.24) is 5.32 Å². The lowest BCUT2D eigenvalue weighted by atomic mass is 10.0. The van der Waals surface area contributed by atoms with Crippen LogP contribution < -0.4 is 5.32 Å². The van der Waals surface area contributed by atoms with E-state index in [9.17, 15) is 20.1 Å². The molecule has 0 aliphatic rings. The smallest absolute Gasteiger partial charge is 0.249 e. The molecule has 3 atom stereocenters. The van der Waals surface area contributed by atoms with Crippen molar-refractivity contribution in [2.75, 3.05) is 6.61 Å². The standard InChI is InChI=1S/C66H129NO4/c1-3-5-7-9-11-13-15-17-19-21-23-25-26-27-28-29-30-31-32-33-34-35-36-37-38-39-41-43-45-47-49-51-53-55-57-59-61-65(70)66(71)67-63(62-68)64(69)60-58-56-54-52-50-48-46-44-42-40-24-22-20-18-16-14-12-10-8-6-4-2/h50,52,58,60,63-65,68-70H,3-49,51,53-57,59,61-62H2,1-2H3,(H,67,71)/b52-50+,60-58+. The Morgan fingerprint density at radius 1 is 0.338 bits per heavy atom. The molecular formula is C66H129NO4. The molecule has 0 aliphatic heterocycles. The monoisotopic (exact) mass is 1000 g/mol. The summed E-state index contributed by atoms with van der Waals surface area (Å²) in [6, 6.07) is -0.813. The topological polar surface area (TPSA) is 89.8 Å². The zero-order valence-corrected chi connectivity index (χ0v) is 48.4.